The average molecular weight is 391 g/mol. The SMILES string of the molecule is CCCCCCCCCCC(S)OC(S)CCCCCCCCCC. The molecule has 0 aromatic carbocycles. The molecule has 152 valence electrons. The highest BCUT2D eigenvalue weighted by Gasteiger charge is 2.09. The number of ether oxygens (including phenoxy) is 1. The molecule has 0 saturated carbocycles. The molecule has 2 unspecified atom stereocenters. The van der Waals surface area contributed by atoms with Crippen molar-refractivity contribution in [2.24, 2.45) is 0 Å². The molecule has 0 aliphatic rings. The lowest BCUT2D eigenvalue weighted by atomic mass is 10.1. The molecular formula is C22H46OS2. The van der Waals surface area contributed by atoms with Gasteiger partial charge in [-0.2, -0.15) is 0 Å². The van der Waals surface area contributed by atoms with Crippen LogP contribution in [0.2, 0.25) is 0 Å². The lowest BCUT2D eigenvalue weighted by Crippen LogP contribution is -2.13. The van der Waals surface area contributed by atoms with E-state index in [4.69, 9.17) is 4.74 Å². The molecule has 0 aliphatic carbocycles. The van der Waals surface area contributed by atoms with Gasteiger partial charge in [-0.25, -0.2) is 0 Å². The normalized spacial score (nSPS) is 13.9. The second kappa shape index (κ2) is 21.0. The quantitative estimate of drug-likeness (QED) is 0.120. The third-order valence-electron chi connectivity index (χ3n) is 4.92. The molecule has 0 heterocycles. The first-order valence-electron chi connectivity index (χ1n) is 11.2. The van der Waals surface area contributed by atoms with Crippen LogP contribution < -0.4 is 0 Å². The number of rotatable bonds is 20. The van der Waals surface area contributed by atoms with Gasteiger partial charge in [-0.3, -0.25) is 0 Å². The van der Waals surface area contributed by atoms with Crippen LogP contribution in [0.5, 0.6) is 0 Å². The van der Waals surface area contributed by atoms with Gasteiger partial charge in [0.05, 0.1) is 0 Å². The highest BCUT2D eigenvalue weighted by molar-refractivity contribution is 7.81. The van der Waals surface area contributed by atoms with E-state index in [1.807, 2.05) is 0 Å². The van der Waals surface area contributed by atoms with Gasteiger partial charge in [0.2, 0.25) is 0 Å². The van der Waals surface area contributed by atoms with Crippen LogP contribution >= 0.6 is 25.3 Å². The van der Waals surface area contributed by atoms with Gasteiger partial charge in [0, 0.05) is 0 Å². The van der Waals surface area contributed by atoms with E-state index < -0.39 is 0 Å². The molecule has 1 nitrogen and oxygen atoms in total. The Labute approximate surface area is 170 Å². The van der Waals surface area contributed by atoms with E-state index >= 15 is 0 Å². The largest absolute Gasteiger partial charge is 0.354 e. The minimum atomic E-state index is 0.0663. The molecule has 0 N–H and O–H groups in total. The van der Waals surface area contributed by atoms with Crippen molar-refractivity contribution in [3.8, 4) is 0 Å². The maximum Gasteiger partial charge on any atom is 0.101 e. The maximum atomic E-state index is 5.90. The lowest BCUT2D eigenvalue weighted by Gasteiger charge is -2.18. The highest BCUT2D eigenvalue weighted by atomic mass is 32.1. The molecule has 0 bridgehead atoms. The molecule has 0 aromatic heterocycles. The van der Waals surface area contributed by atoms with Gasteiger partial charge in [0.25, 0.3) is 0 Å². The zero-order valence-electron chi connectivity index (χ0n) is 17.2. The van der Waals surface area contributed by atoms with E-state index in [0.29, 0.717) is 0 Å². The van der Waals surface area contributed by atoms with Gasteiger partial charge in [0.1, 0.15) is 10.9 Å². The van der Waals surface area contributed by atoms with Crippen molar-refractivity contribution in [3.63, 3.8) is 0 Å². The van der Waals surface area contributed by atoms with Gasteiger partial charge in [-0.1, -0.05) is 117 Å². The smallest absolute Gasteiger partial charge is 0.101 e. The Balaban J connectivity index is 3.31. The fourth-order valence-corrected chi connectivity index (χ4v) is 3.98. The fourth-order valence-electron chi connectivity index (χ4n) is 3.22. The lowest BCUT2D eigenvalue weighted by molar-refractivity contribution is 0.0809. The van der Waals surface area contributed by atoms with Crippen LogP contribution in [-0.2, 0) is 4.74 Å². The Hall–Kier alpha value is 0.660. The van der Waals surface area contributed by atoms with Crippen molar-refractivity contribution < 1.29 is 4.74 Å². The van der Waals surface area contributed by atoms with Crippen LogP contribution in [0.4, 0.5) is 0 Å². The predicted octanol–water partition coefficient (Wildman–Crippen LogP) is 8.58. The zero-order valence-corrected chi connectivity index (χ0v) is 19.0. The molecule has 0 saturated heterocycles. The van der Waals surface area contributed by atoms with Crippen LogP contribution in [-0.4, -0.2) is 10.9 Å². The summed E-state index contributed by atoms with van der Waals surface area (Å²) in [7, 11) is 0. The first-order chi connectivity index (χ1) is 12.2. The molecule has 3 heteroatoms. The highest BCUT2D eigenvalue weighted by Crippen LogP contribution is 2.19. The van der Waals surface area contributed by atoms with E-state index in [9.17, 15) is 0 Å². The van der Waals surface area contributed by atoms with Crippen molar-refractivity contribution in [3.05, 3.63) is 0 Å². The van der Waals surface area contributed by atoms with Gasteiger partial charge in [0.15, 0.2) is 0 Å². The van der Waals surface area contributed by atoms with Crippen molar-refractivity contribution in [1.29, 1.82) is 0 Å². The van der Waals surface area contributed by atoms with Crippen LogP contribution in [0.1, 0.15) is 129 Å². The summed E-state index contributed by atoms with van der Waals surface area (Å²) in [6.45, 7) is 4.55. The molecule has 0 rings (SSSR count). The van der Waals surface area contributed by atoms with E-state index in [0.717, 1.165) is 12.8 Å². The molecule has 0 aliphatic heterocycles. The standard InChI is InChI=1S/C22H46OS2/c1-3-5-7-9-11-13-15-17-19-21(24)23-22(25)20-18-16-14-12-10-8-6-4-2/h21-22,24-25H,3-20H2,1-2H3. The Morgan fingerprint density at radius 1 is 0.480 bits per heavy atom. The second-order valence-electron chi connectivity index (χ2n) is 7.57. The molecule has 0 radical (unpaired) electrons. The Morgan fingerprint density at radius 2 is 0.760 bits per heavy atom. The third-order valence-corrected chi connectivity index (χ3v) is 5.68. The number of unbranched alkanes of at least 4 members (excludes halogenated alkanes) is 14. The molecule has 0 fully saturated rings. The van der Waals surface area contributed by atoms with Crippen molar-refractivity contribution in [2.75, 3.05) is 0 Å². The number of thiol groups is 2. The molecule has 0 spiro atoms. The van der Waals surface area contributed by atoms with E-state index in [1.165, 1.54) is 103 Å². The summed E-state index contributed by atoms with van der Waals surface area (Å²) in [6.07, 6.45) is 23.9. The minimum absolute atomic E-state index is 0.0663. The number of hydrogen-bond donors (Lipinski definition) is 2. The molecular weight excluding hydrogens is 344 g/mol. The van der Waals surface area contributed by atoms with Crippen LogP contribution in [0.15, 0.2) is 0 Å². The molecule has 2 atom stereocenters. The van der Waals surface area contributed by atoms with Gasteiger partial charge in [-0.15, -0.1) is 25.3 Å². The molecule has 0 aromatic rings. The Bertz CT molecular complexity index is 224. The second-order valence-corrected chi connectivity index (χ2v) is 8.72. The van der Waals surface area contributed by atoms with E-state index in [2.05, 4.69) is 39.1 Å². The van der Waals surface area contributed by atoms with Crippen LogP contribution in [0.3, 0.4) is 0 Å². The van der Waals surface area contributed by atoms with Crippen molar-refractivity contribution in [1.82, 2.24) is 0 Å². The minimum Gasteiger partial charge on any atom is -0.354 e. The summed E-state index contributed by atoms with van der Waals surface area (Å²) < 4.78 is 5.90. The van der Waals surface area contributed by atoms with Crippen LogP contribution in [0.25, 0.3) is 0 Å². The molecule has 0 amide bonds. The molecule has 25 heavy (non-hydrogen) atoms. The zero-order chi connectivity index (χ0) is 18.6. The van der Waals surface area contributed by atoms with E-state index in [1.54, 1.807) is 0 Å². The van der Waals surface area contributed by atoms with E-state index in [-0.39, 0.29) is 10.9 Å². The summed E-state index contributed by atoms with van der Waals surface area (Å²) in [5.74, 6) is 0. The number of hydrogen-bond acceptors (Lipinski definition) is 3. The van der Waals surface area contributed by atoms with Gasteiger partial charge < -0.3 is 4.74 Å². The van der Waals surface area contributed by atoms with Crippen molar-refractivity contribution >= 4 is 25.3 Å². The van der Waals surface area contributed by atoms with Gasteiger partial charge in [-0.05, 0) is 12.8 Å². The summed E-state index contributed by atoms with van der Waals surface area (Å²) in [6, 6.07) is 0. The summed E-state index contributed by atoms with van der Waals surface area (Å²) >= 11 is 9.16. The van der Waals surface area contributed by atoms with Crippen LogP contribution in [0, 0.1) is 0 Å². The summed E-state index contributed by atoms with van der Waals surface area (Å²) in [4.78, 5) is 0. The fraction of sp³-hybridized carbons (Fsp3) is 1.00. The van der Waals surface area contributed by atoms with Gasteiger partial charge >= 0.3 is 0 Å². The average Bonchev–Trinajstić information content (AvgIpc) is 2.59. The first-order valence-corrected chi connectivity index (χ1v) is 12.3. The topological polar surface area (TPSA) is 9.23 Å². The summed E-state index contributed by atoms with van der Waals surface area (Å²) in [5.41, 5.74) is 0.133. The Morgan fingerprint density at radius 3 is 1.08 bits per heavy atom. The predicted molar refractivity (Wildman–Crippen MR) is 121 cm³/mol. The van der Waals surface area contributed by atoms with Crippen molar-refractivity contribution in [2.45, 2.75) is 140 Å². The third kappa shape index (κ3) is 20.8. The summed E-state index contributed by atoms with van der Waals surface area (Å²) in [5, 5.41) is 0. The first kappa shape index (κ1) is 25.7. The maximum absolute atomic E-state index is 5.90. The monoisotopic (exact) mass is 390 g/mol. The Kier molecular flexibility index (Phi) is 21.5.